The first-order valence-corrected chi connectivity index (χ1v) is 6.38. The molecular formula is C15H22. The molecule has 0 aromatic heterocycles. The van der Waals surface area contributed by atoms with Crippen LogP contribution in [0.4, 0.5) is 0 Å². The Morgan fingerprint density at radius 1 is 1.00 bits per heavy atom. The normalized spacial score (nSPS) is 27.3. The number of hydrogen-bond acceptors (Lipinski definition) is 0. The van der Waals surface area contributed by atoms with Gasteiger partial charge in [0.25, 0.3) is 0 Å². The monoisotopic (exact) mass is 202 g/mol. The van der Waals surface area contributed by atoms with Gasteiger partial charge in [-0.15, -0.1) is 0 Å². The highest BCUT2D eigenvalue weighted by atomic mass is 14.2. The third-order valence-corrected chi connectivity index (χ3v) is 3.74. The fourth-order valence-corrected chi connectivity index (χ4v) is 2.72. The van der Waals surface area contributed by atoms with Gasteiger partial charge in [-0.2, -0.15) is 0 Å². The van der Waals surface area contributed by atoms with Crippen molar-refractivity contribution < 1.29 is 0 Å². The zero-order valence-corrected chi connectivity index (χ0v) is 9.78. The topological polar surface area (TPSA) is 0 Å². The minimum Gasteiger partial charge on any atom is -0.0625 e. The average Bonchev–Trinajstić information content (AvgIpc) is 2.46. The first-order valence-electron chi connectivity index (χ1n) is 6.38. The molecule has 1 aromatic carbocycles. The van der Waals surface area contributed by atoms with Gasteiger partial charge in [-0.05, 0) is 30.2 Å². The predicted molar refractivity (Wildman–Crippen MR) is 65.9 cm³/mol. The molecule has 1 aliphatic rings. The lowest BCUT2D eigenvalue weighted by Crippen LogP contribution is -2.03. The third-order valence-electron chi connectivity index (χ3n) is 3.74. The Bertz CT molecular complexity index is 275. The summed E-state index contributed by atoms with van der Waals surface area (Å²) in [5.41, 5.74) is 1.53. The van der Waals surface area contributed by atoms with Gasteiger partial charge in [-0.1, -0.05) is 62.9 Å². The lowest BCUT2D eigenvalue weighted by atomic mass is 9.92. The standard InChI is InChI=1S/C15H22/c1-13-6-5-9-15(11-10-13)12-14-7-3-2-4-8-14/h2-4,7-8,13,15H,5-6,9-12H2,1H3. The molecule has 1 aliphatic carbocycles. The van der Waals surface area contributed by atoms with E-state index in [1.807, 2.05) is 0 Å². The summed E-state index contributed by atoms with van der Waals surface area (Å²) in [5.74, 6) is 1.91. The van der Waals surface area contributed by atoms with Gasteiger partial charge in [0.1, 0.15) is 0 Å². The van der Waals surface area contributed by atoms with Crippen molar-refractivity contribution in [3.05, 3.63) is 35.9 Å². The van der Waals surface area contributed by atoms with E-state index in [1.165, 1.54) is 44.1 Å². The number of benzene rings is 1. The Morgan fingerprint density at radius 2 is 1.80 bits per heavy atom. The maximum Gasteiger partial charge on any atom is -0.0250 e. The average molecular weight is 202 g/mol. The maximum atomic E-state index is 2.41. The summed E-state index contributed by atoms with van der Waals surface area (Å²) >= 11 is 0. The van der Waals surface area contributed by atoms with E-state index in [9.17, 15) is 0 Å². The molecule has 0 radical (unpaired) electrons. The lowest BCUT2D eigenvalue weighted by molar-refractivity contribution is 0.444. The molecule has 2 atom stereocenters. The van der Waals surface area contributed by atoms with E-state index in [1.54, 1.807) is 0 Å². The third kappa shape index (κ3) is 3.37. The van der Waals surface area contributed by atoms with Crippen molar-refractivity contribution in [1.82, 2.24) is 0 Å². The van der Waals surface area contributed by atoms with E-state index < -0.39 is 0 Å². The summed E-state index contributed by atoms with van der Waals surface area (Å²) in [6.45, 7) is 2.41. The van der Waals surface area contributed by atoms with E-state index in [0.29, 0.717) is 0 Å². The van der Waals surface area contributed by atoms with Crippen LogP contribution in [0.15, 0.2) is 30.3 Å². The molecule has 2 rings (SSSR count). The summed E-state index contributed by atoms with van der Waals surface area (Å²) in [7, 11) is 0. The fourth-order valence-electron chi connectivity index (χ4n) is 2.72. The van der Waals surface area contributed by atoms with E-state index in [-0.39, 0.29) is 0 Å². The van der Waals surface area contributed by atoms with Crippen molar-refractivity contribution in [2.24, 2.45) is 11.8 Å². The lowest BCUT2D eigenvalue weighted by Gasteiger charge is -2.13. The van der Waals surface area contributed by atoms with Crippen LogP contribution >= 0.6 is 0 Å². The first kappa shape index (κ1) is 10.7. The minimum atomic E-state index is 0.942. The van der Waals surface area contributed by atoms with Crippen LogP contribution in [-0.2, 0) is 6.42 Å². The van der Waals surface area contributed by atoms with Crippen molar-refractivity contribution >= 4 is 0 Å². The molecule has 2 unspecified atom stereocenters. The number of rotatable bonds is 2. The zero-order chi connectivity index (χ0) is 10.5. The minimum absolute atomic E-state index is 0.942. The molecule has 15 heavy (non-hydrogen) atoms. The van der Waals surface area contributed by atoms with Gasteiger partial charge in [0, 0.05) is 0 Å². The van der Waals surface area contributed by atoms with Crippen LogP contribution < -0.4 is 0 Å². The van der Waals surface area contributed by atoms with Gasteiger partial charge in [0.05, 0.1) is 0 Å². The molecule has 82 valence electrons. The van der Waals surface area contributed by atoms with Crippen LogP contribution in [0.2, 0.25) is 0 Å². The second-order valence-electron chi connectivity index (χ2n) is 5.17. The Morgan fingerprint density at radius 3 is 2.60 bits per heavy atom. The highest BCUT2D eigenvalue weighted by Gasteiger charge is 2.16. The van der Waals surface area contributed by atoms with E-state index in [4.69, 9.17) is 0 Å². The van der Waals surface area contributed by atoms with Gasteiger partial charge in [0.15, 0.2) is 0 Å². The molecule has 0 aliphatic heterocycles. The summed E-state index contributed by atoms with van der Waals surface area (Å²) in [4.78, 5) is 0. The molecule has 0 amide bonds. The molecule has 1 aromatic rings. The van der Waals surface area contributed by atoms with Gasteiger partial charge >= 0.3 is 0 Å². The van der Waals surface area contributed by atoms with Crippen LogP contribution in [0.5, 0.6) is 0 Å². The molecule has 0 heterocycles. The Kier molecular flexibility index (Phi) is 3.82. The van der Waals surface area contributed by atoms with Crippen LogP contribution in [0.1, 0.15) is 44.6 Å². The van der Waals surface area contributed by atoms with E-state index in [2.05, 4.69) is 37.3 Å². The summed E-state index contributed by atoms with van der Waals surface area (Å²) in [5, 5.41) is 0. The Balaban J connectivity index is 1.89. The van der Waals surface area contributed by atoms with Crippen LogP contribution in [-0.4, -0.2) is 0 Å². The zero-order valence-electron chi connectivity index (χ0n) is 9.78. The second-order valence-corrected chi connectivity index (χ2v) is 5.17. The first-order chi connectivity index (χ1) is 7.34. The quantitative estimate of drug-likeness (QED) is 0.622. The molecule has 1 fully saturated rings. The number of hydrogen-bond donors (Lipinski definition) is 0. The van der Waals surface area contributed by atoms with Crippen molar-refractivity contribution in [2.45, 2.75) is 45.4 Å². The summed E-state index contributed by atoms with van der Waals surface area (Å²) in [6.07, 6.45) is 8.52. The van der Waals surface area contributed by atoms with Crippen molar-refractivity contribution in [1.29, 1.82) is 0 Å². The van der Waals surface area contributed by atoms with Crippen molar-refractivity contribution in [3.63, 3.8) is 0 Å². The van der Waals surface area contributed by atoms with Gasteiger partial charge in [0.2, 0.25) is 0 Å². The van der Waals surface area contributed by atoms with Crippen molar-refractivity contribution in [3.8, 4) is 0 Å². The molecule has 0 N–H and O–H groups in total. The van der Waals surface area contributed by atoms with Crippen molar-refractivity contribution in [2.75, 3.05) is 0 Å². The molecule has 0 nitrogen and oxygen atoms in total. The molecule has 0 heteroatoms. The van der Waals surface area contributed by atoms with E-state index >= 15 is 0 Å². The second kappa shape index (κ2) is 5.34. The van der Waals surface area contributed by atoms with Gasteiger partial charge < -0.3 is 0 Å². The highest BCUT2D eigenvalue weighted by molar-refractivity contribution is 5.15. The van der Waals surface area contributed by atoms with Gasteiger partial charge in [-0.3, -0.25) is 0 Å². The molecule has 0 spiro atoms. The molecule has 0 saturated heterocycles. The van der Waals surface area contributed by atoms with Crippen LogP contribution in [0.25, 0.3) is 0 Å². The molecule has 0 bridgehead atoms. The maximum absolute atomic E-state index is 2.41. The summed E-state index contributed by atoms with van der Waals surface area (Å²) < 4.78 is 0. The molecular weight excluding hydrogens is 180 g/mol. The fraction of sp³-hybridized carbons (Fsp3) is 0.600. The highest BCUT2D eigenvalue weighted by Crippen LogP contribution is 2.29. The smallest absolute Gasteiger partial charge is 0.0250 e. The predicted octanol–water partition coefficient (Wildman–Crippen LogP) is 4.45. The van der Waals surface area contributed by atoms with Crippen LogP contribution in [0, 0.1) is 11.8 Å². The van der Waals surface area contributed by atoms with Crippen LogP contribution in [0.3, 0.4) is 0 Å². The summed E-state index contributed by atoms with van der Waals surface area (Å²) in [6, 6.07) is 11.0. The Labute approximate surface area is 93.7 Å². The van der Waals surface area contributed by atoms with Gasteiger partial charge in [-0.25, -0.2) is 0 Å². The molecule has 1 saturated carbocycles. The Hall–Kier alpha value is -0.780. The largest absolute Gasteiger partial charge is 0.0625 e. The van der Waals surface area contributed by atoms with E-state index in [0.717, 1.165) is 11.8 Å². The SMILES string of the molecule is CC1CCCC(Cc2ccccc2)CC1.